The molecule has 2 aliphatic rings. The highest BCUT2D eigenvalue weighted by atomic mass is 16.5. The van der Waals surface area contributed by atoms with Crippen molar-refractivity contribution in [3.8, 4) is 0 Å². The summed E-state index contributed by atoms with van der Waals surface area (Å²) in [6.07, 6.45) is 6.23. The molecule has 2 unspecified atom stereocenters. The van der Waals surface area contributed by atoms with Gasteiger partial charge in [-0.2, -0.15) is 0 Å². The van der Waals surface area contributed by atoms with Crippen molar-refractivity contribution in [2.24, 2.45) is 0 Å². The Morgan fingerprint density at radius 1 is 1.24 bits per heavy atom. The van der Waals surface area contributed by atoms with Gasteiger partial charge in [0.2, 0.25) is 0 Å². The molecule has 2 atom stereocenters. The van der Waals surface area contributed by atoms with Crippen LogP contribution >= 0.6 is 0 Å². The Morgan fingerprint density at radius 2 is 1.94 bits per heavy atom. The van der Waals surface area contributed by atoms with E-state index in [1.54, 1.807) is 0 Å². The second-order valence-electron chi connectivity index (χ2n) is 5.29. The maximum Gasteiger partial charge on any atom is 0.318 e. The van der Waals surface area contributed by atoms with Crippen LogP contribution in [0.2, 0.25) is 0 Å². The summed E-state index contributed by atoms with van der Waals surface area (Å²) in [6, 6.07) is 0.661. The number of ether oxygens (including phenoxy) is 1. The van der Waals surface area contributed by atoms with Gasteiger partial charge in [0.05, 0.1) is 18.8 Å². The Kier molecular flexibility index (Phi) is 4.26. The number of carbonyl (C=O) groups is 1. The van der Waals surface area contributed by atoms with Crippen molar-refractivity contribution in [2.45, 2.75) is 64.1 Å². The van der Waals surface area contributed by atoms with E-state index in [0.29, 0.717) is 19.2 Å². The van der Waals surface area contributed by atoms with Crippen LogP contribution in [0, 0.1) is 0 Å². The van der Waals surface area contributed by atoms with Gasteiger partial charge >= 0.3 is 6.03 Å². The van der Waals surface area contributed by atoms with Crippen LogP contribution in [-0.2, 0) is 4.74 Å². The summed E-state index contributed by atoms with van der Waals surface area (Å²) in [5.41, 5.74) is 0. The zero-order chi connectivity index (χ0) is 12.3. The highest BCUT2D eigenvalue weighted by Crippen LogP contribution is 2.19. The molecule has 0 radical (unpaired) electrons. The molecule has 1 N–H and O–H groups in total. The molecule has 98 valence electrons. The van der Waals surface area contributed by atoms with Crippen LogP contribution in [0.1, 0.15) is 46.0 Å². The van der Waals surface area contributed by atoms with Crippen molar-refractivity contribution in [2.75, 3.05) is 13.2 Å². The number of morpholine rings is 1. The number of carbonyl (C=O) groups excluding carboxylic acids is 1. The van der Waals surface area contributed by atoms with Gasteiger partial charge in [0.25, 0.3) is 0 Å². The van der Waals surface area contributed by atoms with E-state index in [2.05, 4.69) is 12.2 Å². The van der Waals surface area contributed by atoms with Crippen LogP contribution in [0.25, 0.3) is 0 Å². The standard InChI is InChI=1S/C13H24N2O2/c1-10-11(2)17-9-8-15(10)13(16)14-12-6-4-3-5-7-12/h10-12H,3-9H2,1-2H3,(H,14,16). The molecule has 2 amide bonds. The van der Waals surface area contributed by atoms with Gasteiger partial charge in [0, 0.05) is 12.6 Å². The average molecular weight is 240 g/mol. The zero-order valence-electron chi connectivity index (χ0n) is 10.9. The second kappa shape index (κ2) is 5.71. The summed E-state index contributed by atoms with van der Waals surface area (Å²) in [5, 5.41) is 3.17. The molecule has 0 spiro atoms. The molecular formula is C13H24N2O2. The molecule has 0 aromatic rings. The van der Waals surface area contributed by atoms with Gasteiger partial charge in [0.1, 0.15) is 0 Å². The second-order valence-corrected chi connectivity index (χ2v) is 5.29. The molecule has 0 bridgehead atoms. The van der Waals surface area contributed by atoms with E-state index in [-0.39, 0.29) is 18.2 Å². The largest absolute Gasteiger partial charge is 0.375 e. The van der Waals surface area contributed by atoms with Crippen LogP contribution in [0.5, 0.6) is 0 Å². The van der Waals surface area contributed by atoms with Crippen LogP contribution in [0.4, 0.5) is 4.79 Å². The van der Waals surface area contributed by atoms with E-state index in [1.165, 1.54) is 19.3 Å². The van der Waals surface area contributed by atoms with Crippen molar-refractivity contribution in [1.82, 2.24) is 10.2 Å². The van der Waals surface area contributed by atoms with Crippen LogP contribution in [-0.4, -0.2) is 42.3 Å². The maximum absolute atomic E-state index is 12.2. The van der Waals surface area contributed by atoms with Crippen molar-refractivity contribution in [3.05, 3.63) is 0 Å². The lowest BCUT2D eigenvalue weighted by Gasteiger charge is -2.38. The third-order valence-electron chi connectivity index (χ3n) is 4.08. The Labute approximate surface area is 104 Å². The zero-order valence-corrected chi connectivity index (χ0v) is 10.9. The molecule has 17 heavy (non-hydrogen) atoms. The van der Waals surface area contributed by atoms with Gasteiger partial charge in [0.15, 0.2) is 0 Å². The lowest BCUT2D eigenvalue weighted by Crippen LogP contribution is -2.56. The van der Waals surface area contributed by atoms with Crippen LogP contribution in [0.3, 0.4) is 0 Å². The van der Waals surface area contributed by atoms with Crippen molar-refractivity contribution in [1.29, 1.82) is 0 Å². The highest BCUT2D eigenvalue weighted by Gasteiger charge is 2.30. The minimum Gasteiger partial charge on any atom is -0.375 e. The van der Waals surface area contributed by atoms with E-state index in [0.717, 1.165) is 12.8 Å². The molecule has 0 aromatic heterocycles. The van der Waals surface area contributed by atoms with Crippen molar-refractivity contribution in [3.63, 3.8) is 0 Å². The predicted molar refractivity (Wildman–Crippen MR) is 67.0 cm³/mol. The normalized spacial score (nSPS) is 31.3. The summed E-state index contributed by atoms with van der Waals surface area (Å²) in [6.45, 7) is 5.46. The first kappa shape index (κ1) is 12.7. The fourth-order valence-electron chi connectivity index (χ4n) is 2.72. The minimum atomic E-state index is 0.0968. The molecule has 1 heterocycles. The van der Waals surface area contributed by atoms with Gasteiger partial charge in [-0.05, 0) is 26.7 Å². The molecule has 1 aliphatic heterocycles. The fraction of sp³-hybridized carbons (Fsp3) is 0.923. The third-order valence-corrected chi connectivity index (χ3v) is 4.08. The van der Waals surface area contributed by atoms with Crippen molar-refractivity contribution >= 4 is 6.03 Å². The molecule has 2 rings (SSSR count). The van der Waals surface area contributed by atoms with E-state index in [4.69, 9.17) is 4.74 Å². The van der Waals surface area contributed by atoms with Gasteiger partial charge in [-0.3, -0.25) is 0 Å². The number of hydrogen-bond acceptors (Lipinski definition) is 2. The summed E-state index contributed by atoms with van der Waals surface area (Å²) in [4.78, 5) is 14.1. The Hall–Kier alpha value is -0.770. The summed E-state index contributed by atoms with van der Waals surface area (Å²) >= 11 is 0. The fourth-order valence-corrected chi connectivity index (χ4v) is 2.72. The molecule has 1 saturated carbocycles. The number of amides is 2. The number of urea groups is 1. The topological polar surface area (TPSA) is 41.6 Å². The molecule has 2 fully saturated rings. The Bertz CT molecular complexity index is 264. The summed E-state index contributed by atoms with van der Waals surface area (Å²) in [5.74, 6) is 0. The monoisotopic (exact) mass is 240 g/mol. The maximum atomic E-state index is 12.2. The smallest absolute Gasteiger partial charge is 0.318 e. The number of hydrogen-bond donors (Lipinski definition) is 1. The van der Waals surface area contributed by atoms with E-state index in [1.807, 2.05) is 11.8 Å². The van der Waals surface area contributed by atoms with Gasteiger partial charge in [-0.15, -0.1) is 0 Å². The highest BCUT2D eigenvalue weighted by molar-refractivity contribution is 5.75. The lowest BCUT2D eigenvalue weighted by molar-refractivity contribution is -0.0381. The number of rotatable bonds is 1. The molecular weight excluding hydrogens is 216 g/mol. The Balaban J connectivity index is 1.85. The van der Waals surface area contributed by atoms with E-state index < -0.39 is 0 Å². The minimum absolute atomic E-state index is 0.0968. The summed E-state index contributed by atoms with van der Waals surface area (Å²) < 4.78 is 5.54. The number of nitrogens with zero attached hydrogens (tertiary/aromatic N) is 1. The first-order chi connectivity index (χ1) is 8.18. The molecule has 0 aromatic carbocycles. The van der Waals surface area contributed by atoms with E-state index >= 15 is 0 Å². The first-order valence-corrected chi connectivity index (χ1v) is 6.87. The molecule has 4 nitrogen and oxygen atoms in total. The average Bonchev–Trinajstić information content (AvgIpc) is 2.34. The lowest BCUT2D eigenvalue weighted by atomic mass is 9.96. The van der Waals surface area contributed by atoms with Gasteiger partial charge in [-0.1, -0.05) is 19.3 Å². The molecule has 1 aliphatic carbocycles. The van der Waals surface area contributed by atoms with Crippen LogP contribution in [0.15, 0.2) is 0 Å². The van der Waals surface area contributed by atoms with Gasteiger partial charge in [-0.25, -0.2) is 4.79 Å². The van der Waals surface area contributed by atoms with Crippen molar-refractivity contribution < 1.29 is 9.53 Å². The van der Waals surface area contributed by atoms with Gasteiger partial charge < -0.3 is 15.0 Å². The van der Waals surface area contributed by atoms with Crippen LogP contribution < -0.4 is 5.32 Å². The molecule has 4 heteroatoms. The predicted octanol–water partition coefficient (Wildman–Crippen LogP) is 2.14. The SMILES string of the molecule is CC1OCCN(C(=O)NC2CCCCC2)C1C. The summed E-state index contributed by atoms with van der Waals surface area (Å²) in [7, 11) is 0. The third kappa shape index (κ3) is 3.12. The quantitative estimate of drug-likeness (QED) is 0.763. The first-order valence-electron chi connectivity index (χ1n) is 6.87. The number of nitrogens with one attached hydrogen (secondary N) is 1. The van der Waals surface area contributed by atoms with E-state index in [9.17, 15) is 4.79 Å². The molecule has 1 saturated heterocycles. The Morgan fingerprint density at radius 3 is 2.65 bits per heavy atom.